The Morgan fingerprint density at radius 2 is 1.98 bits per heavy atom. The average molecular weight is 653 g/mol. The first-order chi connectivity index (χ1) is 22.0. The van der Waals surface area contributed by atoms with Crippen molar-refractivity contribution in [2.24, 2.45) is 0 Å². The molecule has 3 aromatic heterocycles. The van der Waals surface area contributed by atoms with E-state index in [4.69, 9.17) is 27.1 Å². The van der Waals surface area contributed by atoms with Crippen LogP contribution in [0, 0.1) is 0 Å². The Morgan fingerprint density at radius 3 is 2.72 bits per heavy atom. The van der Waals surface area contributed by atoms with Gasteiger partial charge in [0.05, 0.1) is 23.7 Å². The molecule has 46 heavy (non-hydrogen) atoms. The first kappa shape index (κ1) is 31.6. The molecule has 2 saturated heterocycles. The van der Waals surface area contributed by atoms with Gasteiger partial charge in [-0.2, -0.15) is 0 Å². The van der Waals surface area contributed by atoms with E-state index in [1.807, 2.05) is 9.30 Å². The fourth-order valence-corrected chi connectivity index (χ4v) is 6.63. The topological polar surface area (TPSA) is 131 Å². The Hall–Kier alpha value is -4.36. The van der Waals surface area contributed by atoms with E-state index >= 15 is 0 Å². The van der Waals surface area contributed by atoms with Gasteiger partial charge in [-0.1, -0.05) is 11.6 Å². The van der Waals surface area contributed by atoms with Crippen molar-refractivity contribution in [1.29, 1.82) is 0 Å². The van der Waals surface area contributed by atoms with Crippen LogP contribution >= 0.6 is 11.6 Å². The van der Waals surface area contributed by atoms with Crippen molar-refractivity contribution in [2.45, 2.75) is 58.0 Å². The molecule has 11 nitrogen and oxygen atoms in total. The molecule has 242 valence electrons. The summed E-state index contributed by atoms with van der Waals surface area (Å²) in [6.45, 7) is 8.05. The third-order valence-electron chi connectivity index (χ3n) is 8.65. The lowest BCUT2D eigenvalue weighted by Crippen LogP contribution is -2.60. The van der Waals surface area contributed by atoms with Crippen molar-refractivity contribution in [3.8, 4) is 17.0 Å². The molecule has 2 fully saturated rings. The first-order valence-corrected chi connectivity index (χ1v) is 15.6. The molecule has 0 bridgehead atoms. The second kappa shape index (κ2) is 12.8. The highest BCUT2D eigenvalue weighted by Gasteiger charge is 2.39. The number of hydrogen-bond acceptors (Lipinski definition) is 8. The van der Waals surface area contributed by atoms with Crippen LogP contribution in [0.3, 0.4) is 0 Å². The van der Waals surface area contributed by atoms with Crippen molar-refractivity contribution in [3.05, 3.63) is 64.8 Å². The minimum atomic E-state index is -2.71. The number of rotatable bonds is 8. The number of nitrogens with zero attached hydrogens (tertiary/aromatic N) is 6. The number of fused-ring (bicyclic) bond motifs is 2. The summed E-state index contributed by atoms with van der Waals surface area (Å²) in [6, 6.07) is 5.73. The molecule has 2 aliphatic rings. The number of piperazine rings is 1. The van der Waals surface area contributed by atoms with Gasteiger partial charge in [-0.25, -0.2) is 23.7 Å². The molecular weight excluding hydrogens is 618 g/mol. The number of carbonyl (C=O) groups excluding carboxylic acids is 2. The van der Waals surface area contributed by atoms with E-state index in [1.165, 1.54) is 24.4 Å². The minimum absolute atomic E-state index is 0.0247. The van der Waals surface area contributed by atoms with E-state index in [2.05, 4.69) is 34.0 Å². The highest BCUT2D eigenvalue weighted by Crippen LogP contribution is 2.43. The number of nitrogens with two attached hydrogens (primary N) is 1. The second-order valence-electron chi connectivity index (χ2n) is 11.8. The van der Waals surface area contributed by atoms with Crippen molar-refractivity contribution in [3.63, 3.8) is 0 Å². The molecule has 6 rings (SSSR count). The number of alkyl halides is 2. The van der Waals surface area contributed by atoms with Gasteiger partial charge in [-0.3, -0.25) is 18.9 Å². The average Bonchev–Trinajstić information content (AvgIpc) is 3.41. The molecule has 14 heteroatoms. The summed E-state index contributed by atoms with van der Waals surface area (Å²) < 4.78 is 34.2. The van der Waals surface area contributed by atoms with E-state index in [-0.39, 0.29) is 58.0 Å². The highest BCUT2D eigenvalue weighted by atomic mass is 35.5. The number of ether oxygens (including phenoxy) is 1. The number of imidazole rings is 1. The number of nitrogen functional groups attached to an aromatic ring is 1. The summed E-state index contributed by atoms with van der Waals surface area (Å²) in [7, 11) is 0. The van der Waals surface area contributed by atoms with Crippen molar-refractivity contribution in [2.75, 3.05) is 37.3 Å². The number of piperidine rings is 1. The molecule has 4 aromatic rings. The summed E-state index contributed by atoms with van der Waals surface area (Å²) >= 11 is 6.87. The molecule has 0 unspecified atom stereocenters. The van der Waals surface area contributed by atoms with Crippen LogP contribution in [0.2, 0.25) is 5.02 Å². The van der Waals surface area contributed by atoms with Gasteiger partial charge >= 0.3 is 0 Å². The molecule has 5 heterocycles. The first-order valence-electron chi connectivity index (χ1n) is 15.2. The summed E-state index contributed by atoms with van der Waals surface area (Å²) in [6.07, 6.45) is 3.55. The molecule has 0 radical (unpaired) electrons. The Labute approximate surface area is 269 Å². The molecule has 0 aliphatic carbocycles. The number of carbonyl (C=O) groups is 2. The third kappa shape index (κ3) is 5.96. The van der Waals surface area contributed by atoms with Crippen LogP contribution in [0.1, 0.15) is 67.7 Å². The maximum atomic E-state index is 13.2. The largest absolute Gasteiger partial charge is 0.493 e. The molecule has 0 spiro atoms. The standard InChI is InChI=1S/C32H35ClF2N8O3/c1-4-46-23-12-20(32(45)39-24-13-18(29(34)35)7-8-37-24)11-22(33)26(23)27-28-30(36)38-9-10-42(28)31(40-27)19-5-6-21-15-41(17(2)3)16-25(44)43(21)14-19/h7-13,17,19,21,29H,4-6,14-16H2,1-3H3,(H2,36,38)(H,37,39,45)/t19-,21+/m1/s1. The molecule has 0 saturated carbocycles. The van der Waals surface area contributed by atoms with Crippen LogP contribution < -0.4 is 15.8 Å². The summed E-state index contributed by atoms with van der Waals surface area (Å²) in [5, 5.41) is 2.72. The maximum absolute atomic E-state index is 13.2. The highest BCUT2D eigenvalue weighted by molar-refractivity contribution is 6.34. The van der Waals surface area contributed by atoms with Gasteiger partial charge in [-0.05, 0) is 57.9 Å². The van der Waals surface area contributed by atoms with E-state index in [1.54, 1.807) is 19.3 Å². The summed E-state index contributed by atoms with van der Waals surface area (Å²) in [5.74, 6) is 0.660. The lowest BCUT2D eigenvalue weighted by atomic mass is 9.90. The van der Waals surface area contributed by atoms with E-state index in [9.17, 15) is 18.4 Å². The summed E-state index contributed by atoms with van der Waals surface area (Å²) in [5.41, 5.74) is 7.69. The molecular formula is C32H35ClF2N8O3. The SMILES string of the molecule is CCOc1cc(C(=O)Nc2cc(C(F)F)ccn2)cc(Cl)c1-c1nc([C@@H]2CC[C@H]3CN(C(C)C)CC(=O)N3C2)n2ccnc(N)c12. The van der Waals surface area contributed by atoms with Gasteiger partial charge < -0.3 is 20.7 Å². The van der Waals surface area contributed by atoms with Crippen molar-refractivity contribution >= 4 is 40.6 Å². The number of halogens is 3. The fraction of sp³-hybridized carbons (Fsp3) is 0.406. The predicted octanol–water partition coefficient (Wildman–Crippen LogP) is 5.41. The van der Waals surface area contributed by atoms with Gasteiger partial charge in [0.1, 0.15) is 34.4 Å². The lowest BCUT2D eigenvalue weighted by Gasteiger charge is -2.46. The third-order valence-corrected chi connectivity index (χ3v) is 8.94. The van der Waals surface area contributed by atoms with Crippen LogP contribution in [-0.2, 0) is 4.79 Å². The van der Waals surface area contributed by atoms with Crippen molar-refractivity contribution < 1.29 is 23.1 Å². The maximum Gasteiger partial charge on any atom is 0.264 e. The Balaban J connectivity index is 1.36. The molecule has 2 aliphatic heterocycles. The Morgan fingerprint density at radius 1 is 1.17 bits per heavy atom. The Kier molecular flexibility index (Phi) is 8.80. The minimum Gasteiger partial charge on any atom is -0.493 e. The van der Waals surface area contributed by atoms with Crippen LogP contribution in [0.25, 0.3) is 16.8 Å². The van der Waals surface area contributed by atoms with E-state index in [0.29, 0.717) is 35.9 Å². The van der Waals surface area contributed by atoms with Gasteiger partial charge in [0.25, 0.3) is 12.3 Å². The van der Waals surface area contributed by atoms with Crippen molar-refractivity contribution in [1.82, 2.24) is 29.2 Å². The Bertz CT molecular complexity index is 1800. The normalized spacial score (nSPS) is 18.8. The zero-order valence-corrected chi connectivity index (χ0v) is 26.5. The predicted molar refractivity (Wildman–Crippen MR) is 170 cm³/mol. The van der Waals surface area contributed by atoms with Gasteiger partial charge in [-0.15, -0.1) is 0 Å². The van der Waals surface area contributed by atoms with E-state index in [0.717, 1.165) is 31.3 Å². The zero-order valence-electron chi connectivity index (χ0n) is 25.7. The number of anilines is 2. The number of amides is 2. The molecule has 2 amide bonds. The fourth-order valence-electron chi connectivity index (χ4n) is 6.33. The second-order valence-corrected chi connectivity index (χ2v) is 12.2. The van der Waals surface area contributed by atoms with Gasteiger partial charge in [0, 0.05) is 60.8 Å². The van der Waals surface area contributed by atoms with E-state index < -0.39 is 12.3 Å². The van der Waals surface area contributed by atoms with Crippen LogP contribution in [-0.4, -0.2) is 79.3 Å². The lowest BCUT2D eigenvalue weighted by molar-refractivity contribution is -0.143. The monoisotopic (exact) mass is 652 g/mol. The van der Waals surface area contributed by atoms with Crippen LogP contribution in [0.4, 0.5) is 20.4 Å². The number of pyridine rings is 1. The smallest absolute Gasteiger partial charge is 0.264 e. The summed E-state index contributed by atoms with van der Waals surface area (Å²) in [4.78, 5) is 43.9. The number of aromatic nitrogens is 4. The number of nitrogens with one attached hydrogen (secondary N) is 1. The molecule has 1 aromatic carbocycles. The van der Waals surface area contributed by atoms with Crippen LogP contribution in [0.15, 0.2) is 42.9 Å². The quantitative estimate of drug-likeness (QED) is 0.258. The molecule has 3 N–H and O–H groups in total. The zero-order chi connectivity index (χ0) is 32.7. The number of benzene rings is 1. The van der Waals surface area contributed by atoms with Gasteiger partial charge in [0.2, 0.25) is 5.91 Å². The molecule has 2 atom stereocenters. The van der Waals surface area contributed by atoms with Crippen LogP contribution in [0.5, 0.6) is 5.75 Å². The number of hydrogen-bond donors (Lipinski definition) is 2. The van der Waals surface area contributed by atoms with Gasteiger partial charge in [0.15, 0.2) is 0 Å².